The zero-order chi connectivity index (χ0) is 26.1. The summed E-state index contributed by atoms with van der Waals surface area (Å²) in [6, 6.07) is 10.6. The number of aliphatic carboxylic acids is 1. The number of hydrogen-bond acceptors (Lipinski definition) is 6. The van der Waals surface area contributed by atoms with Crippen molar-refractivity contribution in [2.75, 3.05) is 36.8 Å². The third-order valence-corrected chi connectivity index (χ3v) is 7.92. The highest BCUT2D eigenvalue weighted by molar-refractivity contribution is 5.94. The van der Waals surface area contributed by atoms with E-state index in [1.54, 1.807) is 4.90 Å². The number of pyridine rings is 2. The van der Waals surface area contributed by atoms with Crippen LogP contribution in [0.15, 0.2) is 36.5 Å². The van der Waals surface area contributed by atoms with Gasteiger partial charge in [-0.2, -0.15) is 0 Å². The minimum Gasteiger partial charge on any atom is -0.481 e. The zero-order valence-electron chi connectivity index (χ0n) is 21.6. The van der Waals surface area contributed by atoms with Crippen LogP contribution in [0.2, 0.25) is 0 Å². The molecule has 38 heavy (non-hydrogen) atoms. The maximum Gasteiger partial charge on any atom is 0.305 e. The van der Waals surface area contributed by atoms with E-state index in [0.29, 0.717) is 18.8 Å². The minimum atomic E-state index is -0.890. The van der Waals surface area contributed by atoms with E-state index in [4.69, 9.17) is 15.1 Å². The Bertz CT molecular complexity index is 1300. The van der Waals surface area contributed by atoms with Crippen molar-refractivity contribution in [1.29, 1.82) is 0 Å². The van der Waals surface area contributed by atoms with Crippen molar-refractivity contribution in [3.05, 3.63) is 70.3 Å². The number of aromatic nitrogens is 3. The van der Waals surface area contributed by atoms with Gasteiger partial charge in [0.05, 0.1) is 6.42 Å². The first-order chi connectivity index (χ1) is 18.5. The predicted octanol–water partition coefficient (Wildman–Crippen LogP) is 3.49. The monoisotopic (exact) mass is 514 g/mol. The minimum absolute atomic E-state index is 0.0437. The molecule has 0 saturated heterocycles. The lowest BCUT2D eigenvalue weighted by Crippen LogP contribution is -2.40. The van der Waals surface area contributed by atoms with E-state index in [1.165, 1.54) is 11.1 Å². The Morgan fingerprint density at radius 3 is 2.18 bits per heavy atom. The molecule has 9 heteroatoms. The summed E-state index contributed by atoms with van der Waals surface area (Å²) in [5, 5.41) is 16.0. The Morgan fingerprint density at radius 2 is 1.58 bits per heavy atom. The van der Waals surface area contributed by atoms with Crippen molar-refractivity contribution in [2.45, 2.75) is 57.4 Å². The highest BCUT2D eigenvalue weighted by Gasteiger charge is 2.28. The van der Waals surface area contributed by atoms with Gasteiger partial charge in [-0.05, 0) is 79.3 Å². The summed E-state index contributed by atoms with van der Waals surface area (Å²) in [5.74, 6) is 1.08. The molecule has 0 aliphatic carbocycles. The van der Waals surface area contributed by atoms with Gasteiger partial charge in [-0.15, -0.1) is 0 Å². The van der Waals surface area contributed by atoms with Crippen LogP contribution in [0.1, 0.15) is 63.7 Å². The maximum absolute atomic E-state index is 13.2. The van der Waals surface area contributed by atoms with Crippen molar-refractivity contribution in [3.8, 4) is 0 Å². The number of fused-ring (bicyclic) bond motifs is 3. The fourth-order valence-corrected chi connectivity index (χ4v) is 5.83. The summed E-state index contributed by atoms with van der Waals surface area (Å²) in [6.07, 6.45) is 7.89. The van der Waals surface area contributed by atoms with E-state index in [2.05, 4.69) is 41.1 Å². The number of carboxylic acids is 1. The van der Waals surface area contributed by atoms with Crippen LogP contribution in [0.4, 0.5) is 11.6 Å². The summed E-state index contributed by atoms with van der Waals surface area (Å²) >= 11 is 0. The van der Waals surface area contributed by atoms with Crippen LogP contribution in [0.25, 0.3) is 0 Å². The van der Waals surface area contributed by atoms with Gasteiger partial charge < -0.3 is 25.2 Å². The molecule has 0 unspecified atom stereocenters. The largest absolute Gasteiger partial charge is 0.481 e. The van der Waals surface area contributed by atoms with Gasteiger partial charge in [-0.3, -0.25) is 9.59 Å². The van der Waals surface area contributed by atoms with Crippen molar-refractivity contribution in [1.82, 2.24) is 19.4 Å². The van der Waals surface area contributed by atoms with Crippen LogP contribution in [-0.4, -0.2) is 62.6 Å². The van der Waals surface area contributed by atoms with Crippen LogP contribution in [-0.2, 0) is 37.0 Å². The van der Waals surface area contributed by atoms with Crippen molar-refractivity contribution in [3.63, 3.8) is 0 Å². The predicted molar refractivity (Wildman–Crippen MR) is 145 cm³/mol. The van der Waals surface area contributed by atoms with E-state index in [1.807, 2.05) is 10.6 Å². The van der Waals surface area contributed by atoms with Crippen molar-refractivity contribution in [2.24, 2.45) is 0 Å². The molecule has 0 radical (unpaired) electrons. The first-order valence-electron chi connectivity index (χ1n) is 13.7. The Kier molecular flexibility index (Phi) is 6.74. The average molecular weight is 515 g/mol. The van der Waals surface area contributed by atoms with Crippen LogP contribution >= 0.6 is 0 Å². The van der Waals surface area contributed by atoms with Gasteiger partial charge in [-0.1, -0.05) is 12.1 Å². The molecule has 3 aromatic heterocycles. The van der Waals surface area contributed by atoms with Crippen LogP contribution in [0.3, 0.4) is 0 Å². The second-order valence-electron chi connectivity index (χ2n) is 10.6. The lowest BCUT2D eigenvalue weighted by atomic mass is 9.90. The fraction of sp³-hybridized carbons (Fsp3) is 0.448. The second kappa shape index (κ2) is 10.5. The molecule has 0 aromatic carbocycles. The molecule has 3 N–H and O–H groups in total. The topological polar surface area (TPSA) is 112 Å². The number of nitrogens with zero attached hydrogens (tertiary/aromatic N) is 4. The van der Waals surface area contributed by atoms with E-state index >= 15 is 0 Å². The number of anilines is 2. The summed E-state index contributed by atoms with van der Waals surface area (Å²) < 4.78 is 2.02. The summed E-state index contributed by atoms with van der Waals surface area (Å²) in [7, 11) is 0. The Morgan fingerprint density at radius 1 is 0.947 bits per heavy atom. The summed E-state index contributed by atoms with van der Waals surface area (Å²) in [5.41, 5.74) is 6.31. The van der Waals surface area contributed by atoms with Crippen molar-refractivity contribution >= 4 is 23.5 Å². The van der Waals surface area contributed by atoms with Gasteiger partial charge in [0, 0.05) is 50.3 Å². The maximum atomic E-state index is 13.2. The molecule has 3 aliphatic rings. The summed E-state index contributed by atoms with van der Waals surface area (Å²) in [6.45, 7) is 3.32. The number of carbonyl (C=O) groups excluding carboxylic acids is 1. The van der Waals surface area contributed by atoms with Crippen LogP contribution in [0, 0.1) is 0 Å². The van der Waals surface area contributed by atoms with Gasteiger partial charge >= 0.3 is 5.97 Å². The zero-order valence-corrected chi connectivity index (χ0v) is 21.6. The lowest BCUT2D eigenvalue weighted by Gasteiger charge is -2.27. The lowest BCUT2D eigenvalue weighted by molar-refractivity contribution is -0.137. The molecule has 0 saturated carbocycles. The molecule has 198 valence electrons. The first-order valence-corrected chi connectivity index (χ1v) is 13.7. The number of carboxylic acid groups (broad SMARTS) is 1. The number of carbonyl (C=O) groups is 2. The Balaban J connectivity index is 1.29. The van der Waals surface area contributed by atoms with E-state index < -0.39 is 5.97 Å². The van der Waals surface area contributed by atoms with Gasteiger partial charge in [0.25, 0.3) is 5.91 Å². The van der Waals surface area contributed by atoms with Crippen LogP contribution < -0.4 is 10.6 Å². The molecule has 3 aromatic rings. The molecular weight excluding hydrogens is 480 g/mol. The first kappa shape index (κ1) is 24.5. The Labute approximate surface area is 222 Å². The standard InChI is InChI=1S/C29H34N6O3/c36-26(37)9-12-34-13-14-35-18-22(17-25(35)29(34)38)21(15-23-7-5-19-3-1-10-30-27(19)32-23)16-24-8-6-20-4-2-11-31-28(20)33-24/h5-8,17-18,21H,1-4,9-16H2,(H,30,32)(H,31,33)(H,36,37). The SMILES string of the molecule is O=C(O)CCN1CCn2cc(C(Cc3ccc4c(n3)NCCC4)Cc3ccc4c(n3)NCCC4)cc2C1=O. The third kappa shape index (κ3) is 5.10. The third-order valence-electron chi connectivity index (χ3n) is 7.92. The molecule has 0 spiro atoms. The molecule has 0 bridgehead atoms. The molecule has 6 rings (SSSR count). The number of nitrogens with one attached hydrogen (secondary N) is 2. The van der Waals surface area contributed by atoms with Gasteiger partial charge in [-0.25, -0.2) is 9.97 Å². The van der Waals surface area contributed by atoms with Gasteiger partial charge in [0.1, 0.15) is 17.3 Å². The number of amides is 1. The van der Waals surface area contributed by atoms with E-state index in [0.717, 1.165) is 80.2 Å². The Hall–Kier alpha value is -3.88. The molecule has 6 heterocycles. The number of rotatable bonds is 8. The fourth-order valence-electron chi connectivity index (χ4n) is 5.83. The number of hydrogen-bond donors (Lipinski definition) is 3. The molecule has 1 amide bonds. The molecule has 9 nitrogen and oxygen atoms in total. The van der Waals surface area contributed by atoms with Gasteiger partial charge in [0.2, 0.25) is 0 Å². The molecular formula is C29H34N6O3. The number of aryl methyl sites for hydroxylation is 2. The highest BCUT2D eigenvalue weighted by Crippen LogP contribution is 2.31. The molecule has 3 aliphatic heterocycles. The van der Waals surface area contributed by atoms with Crippen molar-refractivity contribution < 1.29 is 14.7 Å². The highest BCUT2D eigenvalue weighted by atomic mass is 16.4. The van der Waals surface area contributed by atoms with Gasteiger partial charge in [0.15, 0.2) is 0 Å². The smallest absolute Gasteiger partial charge is 0.305 e. The van der Waals surface area contributed by atoms with E-state index in [-0.39, 0.29) is 24.8 Å². The normalized spacial score (nSPS) is 16.3. The van der Waals surface area contributed by atoms with E-state index in [9.17, 15) is 9.59 Å². The summed E-state index contributed by atoms with van der Waals surface area (Å²) in [4.78, 5) is 35.8. The molecule has 0 fully saturated rings. The quantitative estimate of drug-likeness (QED) is 0.422. The molecule has 0 atom stereocenters. The average Bonchev–Trinajstić information content (AvgIpc) is 3.37. The second-order valence-corrected chi connectivity index (χ2v) is 10.6. The van der Waals surface area contributed by atoms with Crippen LogP contribution in [0.5, 0.6) is 0 Å².